The zero-order chi connectivity index (χ0) is 11.0. The minimum atomic E-state index is 0.494. The lowest BCUT2D eigenvalue weighted by Gasteiger charge is -2.20. The molecule has 0 amide bonds. The van der Waals surface area contributed by atoms with E-state index in [4.69, 9.17) is 0 Å². The summed E-state index contributed by atoms with van der Waals surface area (Å²) in [5, 5.41) is 4.29. The molecule has 2 atom stereocenters. The molecule has 2 unspecified atom stereocenters. The maximum absolute atomic E-state index is 4.04. The summed E-state index contributed by atoms with van der Waals surface area (Å²) >= 11 is 2.04. The Labute approximate surface area is 93.7 Å². The zero-order valence-corrected chi connectivity index (χ0v) is 10.9. The van der Waals surface area contributed by atoms with Crippen LogP contribution in [-0.2, 0) is 0 Å². The van der Waals surface area contributed by atoms with Crippen molar-refractivity contribution >= 4 is 11.8 Å². The lowest BCUT2D eigenvalue weighted by Crippen LogP contribution is -2.33. The van der Waals surface area contributed by atoms with Crippen molar-refractivity contribution in [3.05, 3.63) is 12.2 Å². The van der Waals surface area contributed by atoms with Gasteiger partial charge in [0, 0.05) is 17.0 Å². The largest absolute Gasteiger partial charge is 0.310 e. The summed E-state index contributed by atoms with van der Waals surface area (Å²) < 4.78 is 0. The summed E-state index contributed by atoms with van der Waals surface area (Å²) in [6.45, 7) is 14.0. The van der Waals surface area contributed by atoms with Gasteiger partial charge in [-0.05, 0) is 26.3 Å². The molecule has 14 heavy (non-hydrogen) atoms. The Morgan fingerprint density at radius 2 is 2.07 bits per heavy atom. The number of rotatable bonds is 8. The Kier molecular flexibility index (Phi) is 8.40. The number of nitrogens with one attached hydrogen (secondary N) is 1. The second-order valence-electron chi connectivity index (χ2n) is 3.91. The summed E-state index contributed by atoms with van der Waals surface area (Å²) in [5.41, 5.74) is 1.26. The van der Waals surface area contributed by atoms with Crippen LogP contribution in [0.25, 0.3) is 0 Å². The molecule has 0 aromatic carbocycles. The molecule has 0 fully saturated rings. The molecule has 0 aromatic heterocycles. The van der Waals surface area contributed by atoms with E-state index in [1.54, 1.807) is 0 Å². The second kappa shape index (κ2) is 8.37. The van der Waals surface area contributed by atoms with Crippen molar-refractivity contribution in [3.63, 3.8) is 0 Å². The van der Waals surface area contributed by atoms with Crippen LogP contribution in [0.2, 0.25) is 0 Å². The second-order valence-corrected chi connectivity index (χ2v) is 5.38. The standard InChI is InChI=1S/C12H25NS/c1-6-8-13-12(10(3)4)9-14-11(5)7-2/h11-13H,3,6-9H2,1-2,4-5H3. The van der Waals surface area contributed by atoms with E-state index in [1.807, 2.05) is 11.8 Å². The highest BCUT2D eigenvalue weighted by molar-refractivity contribution is 7.99. The fourth-order valence-corrected chi connectivity index (χ4v) is 2.23. The fraction of sp³-hybridized carbons (Fsp3) is 0.833. The van der Waals surface area contributed by atoms with Gasteiger partial charge in [0.15, 0.2) is 0 Å². The molecule has 0 aliphatic carbocycles. The highest BCUT2D eigenvalue weighted by Crippen LogP contribution is 2.16. The molecular weight excluding hydrogens is 190 g/mol. The van der Waals surface area contributed by atoms with Crippen LogP contribution in [0.4, 0.5) is 0 Å². The number of hydrogen-bond donors (Lipinski definition) is 1. The Balaban J connectivity index is 3.79. The third-order valence-electron chi connectivity index (χ3n) is 2.36. The monoisotopic (exact) mass is 215 g/mol. The molecule has 0 aromatic rings. The van der Waals surface area contributed by atoms with Crippen LogP contribution in [-0.4, -0.2) is 23.6 Å². The van der Waals surface area contributed by atoms with Gasteiger partial charge in [-0.15, -0.1) is 0 Å². The number of thioether (sulfide) groups is 1. The predicted molar refractivity (Wildman–Crippen MR) is 69.1 cm³/mol. The van der Waals surface area contributed by atoms with Gasteiger partial charge in [0.1, 0.15) is 0 Å². The average Bonchev–Trinajstić information content (AvgIpc) is 2.16. The predicted octanol–water partition coefficient (Wildman–Crippen LogP) is 3.46. The van der Waals surface area contributed by atoms with E-state index in [-0.39, 0.29) is 0 Å². The molecule has 0 saturated carbocycles. The Hall–Kier alpha value is 0.0500. The molecule has 84 valence electrons. The van der Waals surface area contributed by atoms with E-state index in [0.29, 0.717) is 6.04 Å². The molecule has 0 bridgehead atoms. The first-order valence-corrected chi connectivity index (χ1v) is 6.67. The molecule has 0 aliphatic rings. The summed E-state index contributed by atoms with van der Waals surface area (Å²) in [6.07, 6.45) is 2.44. The SMILES string of the molecule is C=C(C)C(CSC(C)CC)NCCC. The van der Waals surface area contributed by atoms with Gasteiger partial charge < -0.3 is 5.32 Å². The van der Waals surface area contributed by atoms with Crippen molar-refractivity contribution in [2.45, 2.75) is 51.8 Å². The van der Waals surface area contributed by atoms with Gasteiger partial charge >= 0.3 is 0 Å². The van der Waals surface area contributed by atoms with Crippen molar-refractivity contribution in [2.24, 2.45) is 0 Å². The van der Waals surface area contributed by atoms with Crippen molar-refractivity contribution in [1.29, 1.82) is 0 Å². The normalized spacial score (nSPS) is 15.1. The van der Waals surface area contributed by atoms with Crippen molar-refractivity contribution in [1.82, 2.24) is 5.32 Å². The van der Waals surface area contributed by atoms with Crippen molar-refractivity contribution in [3.8, 4) is 0 Å². The maximum Gasteiger partial charge on any atom is 0.0365 e. The smallest absolute Gasteiger partial charge is 0.0365 e. The highest BCUT2D eigenvalue weighted by Gasteiger charge is 2.09. The molecule has 0 aliphatic heterocycles. The summed E-state index contributed by atoms with van der Waals surface area (Å²) in [5.74, 6) is 1.16. The topological polar surface area (TPSA) is 12.0 Å². The molecule has 0 rings (SSSR count). The van der Waals surface area contributed by atoms with E-state index < -0.39 is 0 Å². The van der Waals surface area contributed by atoms with Crippen molar-refractivity contribution in [2.75, 3.05) is 12.3 Å². The Morgan fingerprint density at radius 3 is 2.50 bits per heavy atom. The minimum Gasteiger partial charge on any atom is -0.310 e. The van der Waals surface area contributed by atoms with E-state index >= 15 is 0 Å². The van der Waals surface area contributed by atoms with Gasteiger partial charge in [-0.3, -0.25) is 0 Å². The quantitative estimate of drug-likeness (QED) is 0.622. The van der Waals surface area contributed by atoms with Crippen LogP contribution in [0.5, 0.6) is 0 Å². The number of hydrogen-bond acceptors (Lipinski definition) is 2. The van der Waals surface area contributed by atoms with Gasteiger partial charge in [0.2, 0.25) is 0 Å². The van der Waals surface area contributed by atoms with Crippen molar-refractivity contribution < 1.29 is 0 Å². The first-order chi connectivity index (χ1) is 6.61. The third-order valence-corrected chi connectivity index (χ3v) is 3.79. The van der Waals surface area contributed by atoms with Gasteiger partial charge in [-0.2, -0.15) is 11.8 Å². The molecule has 0 heterocycles. The first-order valence-electron chi connectivity index (χ1n) is 5.62. The molecule has 1 N–H and O–H groups in total. The van der Waals surface area contributed by atoms with Gasteiger partial charge in [0.05, 0.1) is 0 Å². The summed E-state index contributed by atoms with van der Waals surface area (Å²) in [4.78, 5) is 0. The zero-order valence-electron chi connectivity index (χ0n) is 10.1. The molecular formula is C12H25NS. The van der Waals surface area contributed by atoms with Crippen LogP contribution in [0, 0.1) is 0 Å². The fourth-order valence-electron chi connectivity index (χ4n) is 1.07. The Morgan fingerprint density at radius 1 is 1.43 bits per heavy atom. The lowest BCUT2D eigenvalue weighted by atomic mass is 10.2. The maximum atomic E-state index is 4.04. The molecule has 0 spiro atoms. The molecule has 2 heteroatoms. The van der Waals surface area contributed by atoms with Crippen LogP contribution < -0.4 is 5.32 Å². The van der Waals surface area contributed by atoms with Gasteiger partial charge in [-0.1, -0.05) is 32.9 Å². The van der Waals surface area contributed by atoms with Crippen LogP contribution in [0.1, 0.15) is 40.5 Å². The van der Waals surface area contributed by atoms with Crippen LogP contribution in [0.3, 0.4) is 0 Å². The van der Waals surface area contributed by atoms with Crippen LogP contribution >= 0.6 is 11.8 Å². The van der Waals surface area contributed by atoms with Gasteiger partial charge in [-0.25, -0.2) is 0 Å². The first kappa shape index (κ1) is 14.1. The third kappa shape index (κ3) is 6.50. The van der Waals surface area contributed by atoms with Gasteiger partial charge in [0.25, 0.3) is 0 Å². The van der Waals surface area contributed by atoms with E-state index in [0.717, 1.165) is 17.5 Å². The lowest BCUT2D eigenvalue weighted by molar-refractivity contribution is 0.608. The minimum absolute atomic E-state index is 0.494. The average molecular weight is 215 g/mol. The highest BCUT2D eigenvalue weighted by atomic mass is 32.2. The van der Waals surface area contributed by atoms with E-state index in [1.165, 1.54) is 18.4 Å². The molecule has 0 saturated heterocycles. The van der Waals surface area contributed by atoms with E-state index in [2.05, 4.69) is 39.6 Å². The van der Waals surface area contributed by atoms with Crippen LogP contribution in [0.15, 0.2) is 12.2 Å². The Bertz CT molecular complexity index is 156. The molecule has 1 nitrogen and oxygen atoms in total. The molecule has 0 radical (unpaired) electrons. The summed E-state index contributed by atoms with van der Waals surface area (Å²) in [6, 6.07) is 0.494. The summed E-state index contributed by atoms with van der Waals surface area (Å²) in [7, 11) is 0. The van der Waals surface area contributed by atoms with E-state index in [9.17, 15) is 0 Å².